The zero-order valence-corrected chi connectivity index (χ0v) is 20.6. The van der Waals surface area contributed by atoms with E-state index in [0.29, 0.717) is 40.2 Å². The zero-order chi connectivity index (χ0) is 24.8. The molecule has 2 aromatic rings. The van der Waals surface area contributed by atoms with Crippen LogP contribution < -0.4 is 27.3 Å². The molecule has 0 aliphatic heterocycles. The Morgan fingerprint density at radius 2 is 1.73 bits per heavy atom. The molecule has 0 aliphatic rings. The lowest BCUT2D eigenvalue weighted by atomic mass is 10.0. The Kier molecular flexibility index (Phi) is 9.04. The van der Waals surface area contributed by atoms with Gasteiger partial charge >= 0.3 is 6.09 Å². The van der Waals surface area contributed by atoms with Crippen molar-refractivity contribution in [3.8, 4) is 16.9 Å². The number of hydrogen-bond acceptors (Lipinski definition) is 6. The minimum atomic E-state index is -0.834. The number of likely N-dealkylation sites (N-methyl/N-ethyl adjacent to an activating group) is 1. The molecule has 2 rings (SSSR count). The van der Waals surface area contributed by atoms with Crippen LogP contribution >= 0.6 is 23.2 Å². The van der Waals surface area contributed by atoms with Crippen molar-refractivity contribution in [2.24, 2.45) is 22.2 Å². The highest BCUT2D eigenvalue weighted by Crippen LogP contribution is 2.38. The van der Waals surface area contributed by atoms with E-state index >= 15 is 0 Å². The van der Waals surface area contributed by atoms with Gasteiger partial charge in [-0.25, -0.2) is 9.79 Å². The molecule has 0 fully saturated rings. The minimum absolute atomic E-state index is 0.136. The fourth-order valence-electron chi connectivity index (χ4n) is 2.75. The van der Waals surface area contributed by atoms with Gasteiger partial charge in [0.15, 0.2) is 12.2 Å². The number of rotatable bonds is 8. The van der Waals surface area contributed by atoms with Crippen molar-refractivity contribution in [2.45, 2.75) is 32.7 Å². The Labute approximate surface area is 203 Å². The summed E-state index contributed by atoms with van der Waals surface area (Å²) in [5, 5.41) is 3.75. The molecule has 11 heteroatoms. The molecule has 0 saturated carbocycles. The van der Waals surface area contributed by atoms with Crippen molar-refractivity contribution in [3.63, 3.8) is 0 Å². The maximum atomic E-state index is 12.0. The summed E-state index contributed by atoms with van der Waals surface area (Å²) in [4.78, 5) is 17.2. The molecule has 0 aliphatic carbocycles. The van der Waals surface area contributed by atoms with Gasteiger partial charge in [0.2, 0.25) is 0 Å². The summed E-state index contributed by atoms with van der Waals surface area (Å²) in [5.74, 6) is 0.507. The van der Waals surface area contributed by atoms with Gasteiger partial charge in [0, 0.05) is 18.3 Å². The third-order valence-electron chi connectivity index (χ3n) is 4.19. The number of carbonyl (C=O) groups excluding carboxylic acids is 1. The second-order valence-corrected chi connectivity index (χ2v) is 9.05. The van der Waals surface area contributed by atoms with E-state index in [1.807, 2.05) is 32.9 Å². The van der Waals surface area contributed by atoms with E-state index in [1.54, 1.807) is 31.3 Å². The van der Waals surface area contributed by atoms with E-state index in [0.717, 1.165) is 5.56 Å². The van der Waals surface area contributed by atoms with E-state index < -0.39 is 18.0 Å². The van der Waals surface area contributed by atoms with Crippen LogP contribution in [0.3, 0.4) is 0 Å². The molecule has 0 saturated heterocycles. The van der Waals surface area contributed by atoms with E-state index in [4.69, 9.17) is 49.9 Å². The molecule has 0 radical (unpaired) electrons. The van der Waals surface area contributed by atoms with Gasteiger partial charge in [-0.3, -0.25) is 5.73 Å². The standard InChI is InChI=1S/C22H30Cl2N6O3/c1-22(2,3)33-21(31)30(4)9-10-32-15-7-5-13(6-8-15)18-16(23)11-14(12-17(18)24)28-20(27)29-19(25)26/h5-8,11-12,20,28H,9-10,27H2,1-4H3,(H4,25,26,29). The first-order valence-electron chi connectivity index (χ1n) is 10.1. The Hall–Kier alpha value is -2.88. The molecule has 180 valence electrons. The third kappa shape index (κ3) is 8.53. The van der Waals surface area contributed by atoms with E-state index in [9.17, 15) is 4.79 Å². The number of nitrogens with two attached hydrogens (primary N) is 3. The molecule has 0 bridgehead atoms. The van der Waals surface area contributed by atoms with Crippen LogP contribution in [-0.2, 0) is 4.74 Å². The van der Waals surface area contributed by atoms with E-state index in [2.05, 4.69) is 10.3 Å². The maximum Gasteiger partial charge on any atom is 0.410 e. The summed E-state index contributed by atoms with van der Waals surface area (Å²) < 4.78 is 11.0. The number of nitrogens with one attached hydrogen (secondary N) is 1. The molecule has 9 nitrogen and oxygen atoms in total. The number of hydrogen-bond donors (Lipinski definition) is 4. The SMILES string of the molecule is CN(CCOc1ccc(-c2c(Cl)cc(NC(N)N=C(N)N)cc2Cl)cc1)C(=O)OC(C)(C)C. The lowest BCUT2D eigenvalue weighted by Crippen LogP contribution is -2.36. The Bertz CT molecular complexity index is 966. The second kappa shape index (κ2) is 11.3. The molecule has 1 unspecified atom stereocenters. The van der Waals surface area contributed by atoms with Gasteiger partial charge in [0.25, 0.3) is 0 Å². The summed E-state index contributed by atoms with van der Waals surface area (Å²) in [6, 6.07) is 10.7. The van der Waals surface area contributed by atoms with Crippen LogP contribution in [0.4, 0.5) is 10.5 Å². The van der Waals surface area contributed by atoms with Crippen molar-refractivity contribution >= 4 is 40.9 Å². The summed E-state index contributed by atoms with van der Waals surface area (Å²) in [6.07, 6.45) is -1.23. The molecule has 0 aromatic heterocycles. The number of aliphatic imine (C=N–C) groups is 1. The molecule has 33 heavy (non-hydrogen) atoms. The van der Waals surface area contributed by atoms with Gasteiger partial charge in [-0.2, -0.15) is 0 Å². The molecule has 1 atom stereocenters. The molecule has 2 aromatic carbocycles. The third-order valence-corrected chi connectivity index (χ3v) is 4.78. The van der Waals surface area contributed by atoms with Crippen LogP contribution in [0.25, 0.3) is 11.1 Å². The number of halogens is 2. The van der Waals surface area contributed by atoms with Gasteiger partial charge in [0.05, 0.1) is 16.6 Å². The fraction of sp³-hybridized carbons (Fsp3) is 0.364. The predicted octanol–water partition coefficient (Wildman–Crippen LogP) is 3.83. The van der Waals surface area contributed by atoms with E-state index in [1.165, 1.54) is 4.90 Å². The maximum absolute atomic E-state index is 12.0. The van der Waals surface area contributed by atoms with Gasteiger partial charge < -0.3 is 31.2 Å². The Morgan fingerprint density at radius 3 is 2.24 bits per heavy atom. The number of carbonyl (C=O) groups is 1. The first-order valence-corrected chi connectivity index (χ1v) is 10.9. The molecule has 7 N–H and O–H groups in total. The Morgan fingerprint density at radius 1 is 1.15 bits per heavy atom. The number of amides is 1. The van der Waals surface area contributed by atoms with Crippen LogP contribution in [0.2, 0.25) is 10.0 Å². The van der Waals surface area contributed by atoms with Crippen LogP contribution in [0.1, 0.15) is 20.8 Å². The number of nitrogens with zero attached hydrogens (tertiary/aromatic N) is 2. The highest BCUT2D eigenvalue weighted by atomic mass is 35.5. The molecule has 1 amide bonds. The lowest BCUT2D eigenvalue weighted by molar-refractivity contribution is 0.0278. The topological polar surface area (TPSA) is 141 Å². The van der Waals surface area contributed by atoms with Crippen LogP contribution in [-0.4, -0.2) is 49.0 Å². The Balaban J connectivity index is 2.00. The van der Waals surface area contributed by atoms with E-state index in [-0.39, 0.29) is 5.96 Å². The van der Waals surface area contributed by atoms with Crippen molar-refractivity contribution < 1.29 is 14.3 Å². The molecule has 0 heterocycles. The van der Waals surface area contributed by atoms with Crippen molar-refractivity contribution in [2.75, 3.05) is 25.5 Å². The monoisotopic (exact) mass is 496 g/mol. The molecule has 0 spiro atoms. The van der Waals surface area contributed by atoms with Gasteiger partial charge in [-0.1, -0.05) is 35.3 Å². The van der Waals surface area contributed by atoms with Crippen LogP contribution in [0, 0.1) is 0 Å². The molecular weight excluding hydrogens is 467 g/mol. The van der Waals surface area contributed by atoms with Crippen molar-refractivity contribution in [1.29, 1.82) is 0 Å². The minimum Gasteiger partial charge on any atom is -0.492 e. The van der Waals surface area contributed by atoms with Gasteiger partial charge in [0.1, 0.15) is 18.0 Å². The summed E-state index contributed by atoms with van der Waals surface area (Å²) in [6.45, 7) is 6.15. The van der Waals surface area contributed by atoms with Gasteiger partial charge in [-0.05, 0) is 50.6 Å². The lowest BCUT2D eigenvalue weighted by Gasteiger charge is -2.24. The molecular formula is C22H30Cl2N6O3. The average Bonchev–Trinajstić information content (AvgIpc) is 2.66. The van der Waals surface area contributed by atoms with Crippen LogP contribution in [0.15, 0.2) is 41.4 Å². The van der Waals surface area contributed by atoms with Crippen molar-refractivity contribution in [3.05, 3.63) is 46.4 Å². The summed E-state index contributed by atoms with van der Waals surface area (Å²) >= 11 is 12.9. The smallest absolute Gasteiger partial charge is 0.410 e. The first kappa shape index (κ1) is 26.4. The van der Waals surface area contributed by atoms with Crippen molar-refractivity contribution in [1.82, 2.24) is 4.90 Å². The normalized spacial score (nSPS) is 12.0. The number of benzene rings is 2. The second-order valence-electron chi connectivity index (χ2n) is 8.23. The quantitative estimate of drug-likeness (QED) is 0.247. The average molecular weight is 497 g/mol. The number of anilines is 1. The predicted molar refractivity (Wildman–Crippen MR) is 134 cm³/mol. The fourth-order valence-corrected chi connectivity index (χ4v) is 3.45. The number of guanidine groups is 1. The summed E-state index contributed by atoms with van der Waals surface area (Å²) in [7, 11) is 1.66. The largest absolute Gasteiger partial charge is 0.492 e. The number of ether oxygens (including phenoxy) is 2. The summed E-state index contributed by atoms with van der Waals surface area (Å²) in [5.41, 5.74) is 17.9. The van der Waals surface area contributed by atoms with Gasteiger partial charge in [-0.15, -0.1) is 0 Å². The zero-order valence-electron chi connectivity index (χ0n) is 19.1. The van der Waals surface area contributed by atoms with Crippen LogP contribution in [0.5, 0.6) is 5.75 Å². The first-order chi connectivity index (χ1) is 15.4. The highest BCUT2D eigenvalue weighted by molar-refractivity contribution is 6.39. The highest BCUT2D eigenvalue weighted by Gasteiger charge is 2.19.